The average molecular weight is 482 g/mol. The summed E-state index contributed by atoms with van der Waals surface area (Å²) in [6.45, 7) is 0. The third-order valence-electron chi connectivity index (χ3n) is 5.21. The molecule has 0 bridgehead atoms. The number of fused-ring (bicyclic) bond motifs is 1. The Morgan fingerprint density at radius 3 is 2.29 bits per heavy atom. The fourth-order valence-corrected chi connectivity index (χ4v) is 3.76. The zero-order chi connectivity index (χ0) is 23.9. The number of nitrogens with zero attached hydrogens (tertiary/aromatic N) is 4. The fraction of sp³-hybridized carbons (Fsp3) is 0.0417. The number of carbonyl (C=O) groups is 1. The van der Waals surface area contributed by atoms with Crippen LogP contribution in [0.5, 0.6) is 0 Å². The molecule has 2 heterocycles. The molecule has 0 aliphatic carbocycles. The van der Waals surface area contributed by atoms with Crippen LogP contribution in [0.1, 0.15) is 16.1 Å². The van der Waals surface area contributed by atoms with Crippen LogP contribution in [0.15, 0.2) is 85.3 Å². The second kappa shape index (κ2) is 8.35. The number of hydrogen-bond acceptors (Lipinski definition) is 3. The summed E-state index contributed by atoms with van der Waals surface area (Å²) in [6, 6.07) is 20.0. The number of anilines is 1. The first-order valence-corrected chi connectivity index (χ1v) is 10.4. The van der Waals surface area contributed by atoms with E-state index in [0.29, 0.717) is 15.4 Å². The molecule has 3 aromatic carbocycles. The van der Waals surface area contributed by atoms with Gasteiger partial charge in [-0.05, 0) is 60.7 Å². The van der Waals surface area contributed by atoms with E-state index in [1.807, 2.05) is 28.8 Å². The first kappa shape index (κ1) is 21.7. The van der Waals surface area contributed by atoms with Gasteiger partial charge in [0, 0.05) is 16.4 Å². The van der Waals surface area contributed by atoms with Crippen LogP contribution in [0.25, 0.3) is 22.4 Å². The standard InChI is InChI=1S/C24H15ClF3N5O/c25-15-5-9-18(10-6-15)33-22(24(26,27)28)19(13-30-33)23(34)31-16-7-11-17(12-8-16)32-14-29-20-3-1-2-4-21(20)32/h1-14H,(H,31,34). The molecule has 10 heteroatoms. The lowest BCUT2D eigenvalue weighted by Gasteiger charge is -2.13. The molecule has 0 spiro atoms. The van der Waals surface area contributed by atoms with Crippen molar-refractivity contribution >= 4 is 34.2 Å². The molecule has 5 aromatic rings. The number of carbonyl (C=O) groups excluding carboxylic acids is 1. The van der Waals surface area contributed by atoms with Crippen molar-refractivity contribution in [3.8, 4) is 11.4 Å². The highest BCUT2D eigenvalue weighted by Gasteiger charge is 2.40. The van der Waals surface area contributed by atoms with E-state index in [4.69, 9.17) is 11.6 Å². The van der Waals surface area contributed by atoms with Crippen molar-refractivity contribution in [1.29, 1.82) is 0 Å². The van der Waals surface area contributed by atoms with Crippen molar-refractivity contribution < 1.29 is 18.0 Å². The zero-order valence-corrected chi connectivity index (χ0v) is 18.0. The highest BCUT2D eigenvalue weighted by Crippen LogP contribution is 2.34. The summed E-state index contributed by atoms with van der Waals surface area (Å²) in [5, 5.41) is 6.69. The highest BCUT2D eigenvalue weighted by atomic mass is 35.5. The maximum absolute atomic E-state index is 13.9. The van der Waals surface area contributed by atoms with Crippen LogP contribution in [0.3, 0.4) is 0 Å². The number of halogens is 4. The fourth-order valence-electron chi connectivity index (χ4n) is 3.63. The van der Waals surface area contributed by atoms with Gasteiger partial charge in [-0.15, -0.1) is 0 Å². The topological polar surface area (TPSA) is 64.7 Å². The first-order chi connectivity index (χ1) is 16.3. The Labute approximate surface area is 196 Å². The van der Waals surface area contributed by atoms with E-state index in [0.717, 1.165) is 22.9 Å². The summed E-state index contributed by atoms with van der Waals surface area (Å²) in [7, 11) is 0. The molecule has 0 radical (unpaired) electrons. The Morgan fingerprint density at radius 1 is 0.912 bits per heavy atom. The molecule has 34 heavy (non-hydrogen) atoms. The summed E-state index contributed by atoms with van der Waals surface area (Å²) in [5.74, 6) is -0.923. The van der Waals surface area contributed by atoms with Gasteiger partial charge in [-0.25, -0.2) is 9.67 Å². The van der Waals surface area contributed by atoms with E-state index >= 15 is 0 Å². The van der Waals surface area contributed by atoms with E-state index in [9.17, 15) is 18.0 Å². The van der Waals surface area contributed by atoms with Crippen LogP contribution in [0.2, 0.25) is 5.02 Å². The number of benzene rings is 3. The van der Waals surface area contributed by atoms with Crippen LogP contribution in [-0.2, 0) is 6.18 Å². The third kappa shape index (κ3) is 4.01. The molecule has 1 amide bonds. The molecule has 0 aliphatic heterocycles. The largest absolute Gasteiger partial charge is 0.434 e. The normalized spacial score (nSPS) is 11.6. The van der Waals surface area contributed by atoms with Gasteiger partial charge in [0.25, 0.3) is 5.91 Å². The van der Waals surface area contributed by atoms with Gasteiger partial charge in [0.05, 0.1) is 28.5 Å². The Balaban J connectivity index is 1.43. The van der Waals surface area contributed by atoms with E-state index in [1.165, 1.54) is 24.3 Å². The quantitative estimate of drug-likeness (QED) is 0.335. The molecule has 5 rings (SSSR count). The number of aromatic nitrogens is 4. The highest BCUT2D eigenvalue weighted by molar-refractivity contribution is 6.30. The second-order valence-corrected chi connectivity index (χ2v) is 7.83. The van der Waals surface area contributed by atoms with Gasteiger partial charge in [0.1, 0.15) is 6.33 Å². The van der Waals surface area contributed by atoms with Crippen molar-refractivity contribution in [2.24, 2.45) is 0 Å². The summed E-state index contributed by atoms with van der Waals surface area (Å²) in [5.41, 5.74) is 1.23. The summed E-state index contributed by atoms with van der Waals surface area (Å²) >= 11 is 5.83. The van der Waals surface area contributed by atoms with Gasteiger partial charge < -0.3 is 5.32 Å². The van der Waals surface area contributed by atoms with Gasteiger partial charge >= 0.3 is 6.18 Å². The molecule has 0 saturated carbocycles. The predicted octanol–water partition coefficient (Wildman–Crippen LogP) is 6.14. The Bertz CT molecular complexity index is 1490. The van der Waals surface area contributed by atoms with Gasteiger partial charge in [-0.3, -0.25) is 9.36 Å². The second-order valence-electron chi connectivity index (χ2n) is 7.40. The first-order valence-electron chi connectivity index (χ1n) is 10.1. The van der Waals surface area contributed by atoms with E-state index in [1.54, 1.807) is 30.6 Å². The molecular formula is C24H15ClF3N5O. The summed E-state index contributed by atoms with van der Waals surface area (Å²) in [6.07, 6.45) is -2.23. The number of imidazole rings is 1. The van der Waals surface area contributed by atoms with Crippen LogP contribution < -0.4 is 5.32 Å². The minimum atomic E-state index is -4.81. The molecule has 0 fully saturated rings. The van der Waals surface area contributed by atoms with Gasteiger partial charge in [0.15, 0.2) is 5.69 Å². The number of nitrogens with one attached hydrogen (secondary N) is 1. The SMILES string of the molecule is O=C(Nc1ccc(-n2cnc3ccccc32)cc1)c1cnn(-c2ccc(Cl)cc2)c1C(F)(F)F. The summed E-state index contributed by atoms with van der Waals surface area (Å²) < 4.78 is 44.2. The lowest BCUT2D eigenvalue weighted by Crippen LogP contribution is -2.20. The smallest absolute Gasteiger partial charge is 0.322 e. The number of alkyl halides is 3. The van der Waals surface area contributed by atoms with Gasteiger partial charge in [-0.1, -0.05) is 23.7 Å². The third-order valence-corrected chi connectivity index (χ3v) is 5.46. The van der Waals surface area contributed by atoms with Gasteiger partial charge in [-0.2, -0.15) is 18.3 Å². The number of rotatable bonds is 4. The molecule has 170 valence electrons. The van der Waals surface area contributed by atoms with Crippen LogP contribution in [0, 0.1) is 0 Å². The van der Waals surface area contributed by atoms with Crippen molar-refractivity contribution in [3.63, 3.8) is 0 Å². The molecule has 1 N–H and O–H groups in total. The summed E-state index contributed by atoms with van der Waals surface area (Å²) in [4.78, 5) is 17.1. The van der Waals surface area contributed by atoms with Gasteiger partial charge in [0.2, 0.25) is 0 Å². The molecule has 6 nitrogen and oxygen atoms in total. The average Bonchev–Trinajstić information content (AvgIpc) is 3.45. The Hall–Kier alpha value is -4.11. The number of hydrogen-bond donors (Lipinski definition) is 1. The molecular weight excluding hydrogens is 467 g/mol. The minimum Gasteiger partial charge on any atom is -0.322 e. The number of para-hydroxylation sites is 2. The minimum absolute atomic E-state index is 0.132. The molecule has 0 aliphatic rings. The molecule has 0 saturated heterocycles. The van der Waals surface area contributed by atoms with Crippen LogP contribution >= 0.6 is 11.6 Å². The zero-order valence-electron chi connectivity index (χ0n) is 17.3. The molecule has 0 atom stereocenters. The number of amides is 1. The van der Waals surface area contributed by atoms with Crippen molar-refractivity contribution in [3.05, 3.63) is 102 Å². The van der Waals surface area contributed by atoms with Crippen molar-refractivity contribution in [2.75, 3.05) is 5.32 Å². The molecule has 2 aromatic heterocycles. The maximum Gasteiger partial charge on any atom is 0.434 e. The maximum atomic E-state index is 13.9. The van der Waals surface area contributed by atoms with Crippen molar-refractivity contribution in [1.82, 2.24) is 19.3 Å². The predicted molar refractivity (Wildman–Crippen MR) is 123 cm³/mol. The lowest BCUT2D eigenvalue weighted by molar-refractivity contribution is -0.143. The van der Waals surface area contributed by atoms with Crippen molar-refractivity contribution in [2.45, 2.75) is 6.18 Å². The van der Waals surface area contributed by atoms with E-state index in [2.05, 4.69) is 15.4 Å². The van der Waals surface area contributed by atoms with Crippen LogP contribution in [-0.4, -0.2) is 25.2 Å². The van der Waals surface area contributed by atoms with E-state index < -0.39 is 23.3 Å². The Morgan fingerprint density at radius 2 is 1.59 bits per heavy atom. The van der Waals surface area contributed by atoms with Crippen LogP contribution in [0.4, 0.5) is 18.9 Å². The lowest BCUT2D eigenvalue weighted by atomic mass is 10.2. The molecule has 0 unspecified atom stereocenters. The Kier molecular flexibility index (Phi) is 5.33. The monoisotopic (exact) mass is 481 g/mol. The van der Waals surface area contributed by atoms with E-state index in [-0.39, 0.29) is 5.69 Å².